The largest absolute Gasteiger partial charge is 0.480 e. The van der Waals surface area contributed by atoms with E-state index in [9.17, 15) is 9.59 Å². The molecule has 0 rings (SSSR count). The van der Waals surface area contributed by atoms with Gasteiger partial charge in [0.1, 0.15) is 13.1 Å². The number of nitrogens with zero attached hydrogens (tertiary/aromatic N) is 4. The van der Waals surface area contributed by atoms with Gasteiger partial charge in [0.25, 0.3) is 0 Å². The van der Waals surface area contributed by atoms with Crippen molar-refractivity contribution in [2.45, 2.75) is 0 Å². The van der Waals surface area contributed by atoms with Crippen LogP contribution in [0, 0.1) is 0 Å². The predicted molar refractivity (Wildman–Crippen MR) is 39.3 cm³/mol. The maximum Gasteiger partial charge on any atom is 0.323 e. The van der Waals surface area contributed by atoms with Crippen molar-refractivity contribution in [1.29, 1.82) is 0 Å². The second-order valence-electron chi connectivity index (χ2n) is 2.03. The summed E-state index contributed by atoms with van der Waals surface area (Å²) < 4.78 is 0. The molecule has 7 nitrogen and oxygen atoms in total. The quantitative estimate of drug-likeness (QED) is 0.361. The van der Waals surface area contributed by atoms with Gasteiger partial charge in [0, 0.05) is 12.0 Å². The highest BCUT2D eigenvalue weighted by atomic mass is 16.4. The molecule has 1 N–H and O–H groups in total. The first-order chi connectivity index (χ1) is 5.57. The lowest BCUT2D eigenvalue weighted by molar-refractivity contribution is -0.142. The fourth-order valence-electron chi connectivity index (χ4n) is 0.504. The minimum absolute atomic E-state index is 0.347. The molecule has 0 spiro atoms. The molecule has 0 fully saturated rings. The van der Waals surface area contributed by atoms with Crippen LogP contribution in [0.25, 0.3) is 10.4 Å². The monoisotopic (exact) mass is 172 g/mol. The standard InChI is InChI=1S/C5H8N4O3/c1-9(3-5(11)12)4(10)2-7-8-6/h2-3H2,1H3,(H,11,12). The third-order valence-corrected chi connectivity index (χ3v) is 1.07. The van der Waals surface area contributed by atoms with Gasteiger partial charge in [-0.1, -0.05) is 5.11 Å². The van der Waals surface area contributed by atoms with Crippen LogP contribution in [0.15, 0.2) is 5.11 Å². The third-order valence-electron chi connectivity index (χ3n) is 1.07. The van der Waals surface area contributed by atoms with Gasteiger partial charge >= 0.3 is 5.97 Å². The third kappa shape index (κ3) is 4.13. The number of azide groups is 1. The number of hydrogen-bond donors (Lipinski definition) is 1. The van der Waals surface area contributed by atoms with Crippen molar-refractivity contribution in [2.75, 3.05) is 20.1 Å². The average Bonchev–Trinajstić information content (AvgIpc) is 1.98. The highest BCUT2D eigenvalue weighted by Gasteiger charge is 2.09. The van der Waals surface area contributed by atoms with Crippen LogP contribution in [-0.2, 0) is 9.59 Å². The molecule has 0 bridgehead atoms. The Hall–Kier alpha value is -1.75. The highest BCUT2D eigenvalue weighted by molar-refractivity contribution is 5.82. The van der Waals surface area contributed by atoms with Gasteiger partial charge in [0.2, 0.25) is 5.91 Å². The van der Waals surface area contributed by atoms with Gasteiger partial charge in [-0.15, -0.1) is 0 Å². The van der Waals surface area contributed by atoms with Crippen LogP contribution in [0.1, 0.15) is 0 Å². The van der Waals surface area contributed by atoms with E-state index in [-0.39, 0.29) is 13.1 Å². The lowest BCUT2D eigenvalue weighted by Crippen LogP contribution is -2.33. The number of hydrogen-bond acceptors (Lipinski definition) is 3. The fraction of sp³-hybridized carbons (Fsp3) is 0.600. The lowest BCUT2D eigenvalue weighted by atomic mass is 10.5. The first-order valence-electron chi connectivity index (χ1n) is 3.04. The molecular formula is C5H8N4O3. The molecule has 0 saturated heterocycles. The van der Waals surface area contributed by atoms with Crippen LogP contribution in [0.3, 0.4) is 0 Å². The predicted octanol–water partition coefficient (Wildman–Crippen LogP) is -0.160. The molecule has 0 aliphatic carbocycles. The molecule has 66 valence electrons. The van der Waals surface area contributed by atoms with Crippen molar-refractivity contribution in [3.8, 4) is 0 Å². The Labute approximate surface area is 68.2 Å². The summed E-state index contributed by atoms with van der Waals surface area (Å²) in [6.07, 6.45) is 0. The average molecular weight is 172 g/mol. The molecule has 0 heterocycles. The van der Waals surface area contributed by atoms with Crippen molar-refractivity contribution < 1.29 is 14.7 Å². The van der Waals surface area contributed by atoms with Gasteiger partial charge in [-0.25, -0.2) is 0 Å². The Morgan fingerprint density at radius 2 is 2.25 bits per heavy atom. The highest BCUT2D eigenvalue weighted by Crippen LogP contribution is 1.85. The molecule has 12 heavy (non-hydrogen) atoms. The zero-order valence-corrected chi connectivity index (χ0v) is 6.47. The van der Waals surface area contributed by atoms with Gasteiger partial charge in [-0.2, -0.15) is 0 Å². The Bertz CT molecular complexity index is 233. The van der Waals surface area contributed by atoms with Gasteiger partial charge in [0.15, 0.2) is 0 Å². The van der Waals surface area contributed by atoms with E-state index in [1.165, 1.54) is 7.05 Å². The van der Waals surface area contributed by atoms with Gasteiger partial charge in [-0.3, -0.25) is 9.59 Å². The van der Waals surface area contributed by atoms with E-state index in [2.05, 4.69) is 10.0 Å². The Kier molecular flexibility index (Phi) is 4.25. The molecule has 0 aromatic carbocycles. The Morgan fingerprint density at radius 3 is 2.67 bits per heavy atom. The zero-order chi connectivity index (χ0) is 9.56. The van der Waals surface area contributed by atoms with E-state index in [0.717, 1.165) is 4.90 Å². The summed E-state index contributed by atoms with van der Waals surface area (Å²) in [5.74, 6) is -1.62. The summed E-state index contributed by atoms with van der Waals surface area (Å²) in [6.45, 7) is -0.736. The van der Waals surface area contributed by atoms with Crippen molar-refractivity contribution in [1.82, 2.24) is 4.90 Å². The van der Waals surface area contributed by atoms with Crippen LogP contribution < -0.4 is 0 Å². The van der Waals surface area contributed by atoms with Crippen LogP contribution in [0.4, 0.5) is 0 Å². The van der Waals surface area contributed by atoms with Gasteiger partial charge < -0.3 is 10.0 Å². The summed E-state index contributed by atoms with van der Waals surface area (Å²) in [4.78, 5) is 24.3. The summed E-state index contributed by atoms with van der Waals surface area (Å²) in [6, 6.07) is 0. The molecule has 0 aromatic rings. The van der Waals surface area contributed by atoms with Gasteiger partial charge in [-0.05, 0) is 5.53 Å². The second kappa shape index (κ2) is 4.97. The van der Waals surface area contributed by atoms with Crippen LogP contribution in [-0.4, -0.2) is 42.0 Å². The summed E-state index contributed by atoms with van der Waals surface area (Å²) in [5, 5.41) is 11.3. The number of carbonyl (C=O) groups is 2. The number of likely N-dealkylation sites (N-methyl/N-ethyl adjacent to an activating group) is 1. The van der Waals surface area contributed by atoms with E-state index in [1.807, 2.05) is 0 Å². The normalized spacial score (nSPS) is 8.42. The molecule has 0 aromatic heterocycles. The number of carboxylic acid groups (broad SMARTS) is 1. The topological polar surface area (TPSA) is 106 Å². The van der Waals surface area contributed by atoms with Crippen LogP contribution in [0.2, 0.25) is 0 Å². The molecule has 0 atom stereocenters. The zero-order valence-electron chi connectivity index (χ0n) is 6.47. The second-order valence-corrected chi connectivity index (χ2v) is 2.03. The van der Waals surface area contributed by atoms with E-state index in [1.54, 1.807) is 0 Å². The molecule has 0 unspecified atom stereocenters. The molecule has 7 heteroatoms. The summed E-state index contributed by atoms with van der Waals surface area (Å²) >= 11 is 0. The van der Waals surface area contributed by atoms with Crippen molar-refractivity contribution >= 4 is 11.9 Å². The first kappa shape index (κ1) is 10.2. The van der Waals surface area contributed by atoms with Crippen LogP contribution in [0.5, 0.6) is 0 Å². The molecular weight excluding hydrogens is 164 g/mol. The lowest BCUT2D eigenvalue weighted by Gasteiger charge is -2.11. The number of carboxylic acids is 1. The summed E-state index contributed by atoms with van der Waals surface area (Å²) in [5.41, 5.74) is 7.85. The molecule has 1 amide bonds. The first-order valence-corrected chi connectivity index (χ1v) is 3.04. The number of amides is 1. The maximum absolute atomic E-state index is 10.8. The van der Waals surface area contributed by atoms with Crippen molar-refractivity contribution in [3.63, 3.8) is 0 Å². The van der Waals surface area contributed by atoms with E-state index in [4.69, 9.17) is 10.6 Å². The number of aliphatic carboxylic acids is 1. The smallest absolute Gasteiger partial charge is 0.323 e. The van der Waals surface area contributed by atoms with E-state index >= 15 is 0 Å². The Morgan fingerprint density at radius 1 is 1.67 bits per heavy atom. The molecule has 0 aliphatic rings. The Balaban J connectivity index is 3.92. The van der Waals surface area contributed by atoms with E-state index in [0.29, 0.717) is 0 Å². The maximum atomic E-state index is 10.8. The van der Waals surface area contributed by atoms with Crippen molar-refractivity contribution in [2.24, 2.45) is 5.11 Å². The molecule has 0 saturated carbocycles. The number of rotatable bonds is 4. The van der Waals surface area contributed by atoms with E-state index < -0.39 is 11.9 Å². The van der Waals surface area contributed by atoms with Crippen LogP contribution >= 0.6 is 0 Å². The SMILES string of the molecule is CN(CC(=O)O)C(=O)CN=[N+]=[N-]. The number of carbonyl (C=O) groups excluding carboxylic acids is 1. The minimum Gasteiger partial charge on any atom is -0.480 e. The summed E-state index contributed by atoms with van der Waals surface area (Å²) in [7, 11) is 1.32. The molecule has 0 radical (unpaired) electrons. The van der Waals surface area contributed by atoms with Crippen molar-refractivity contribution in [3.05, 3.63) is 10.4 Å². The molecule has 0 aliphatic heterocycles. The fourth-order valence-corrected chi connectivity index (χ4v) is 0.504. The van der Waals surface area contributed by atoms with Gasteiger partial charge in [0.05, 0.1) is 0 Å². The minimum atomic E-state index is -1.10.